The molecule has 0 aliphatic heterocycles. The smallest absolute Gasteiger partial charge is 0.324 e. The van der Waals surface area contributed by atoms with Crippen molar-refractivity contribution in [2.75, 3.05) is 38.8 Å². The molecule has 326 valence electrons. The predicted molar refractivity (Wildman–Crippen MR) is 235 cm³/mol. The van der Waals surface area contributed by atoms with E-state index in [1.165, 1.54) is 180 Å². The molecule has 0 aliphatic rings. The number of hydrogen-bond acceptors (Lipinski definition) is 4. The maximum Gasteiger partial charge on any atom is 0.339 e. The highest BCUT2D eigenvalue weighted by atomic mass is 31.2. The molecule has 0 aromatic carbocycles. The van der Waals surface area contributed by atoms with Gasteiger partial charge in [0.25, 0.3) is 0 Å². The van der Waals surface area contributed by atoms with Crippen LogP contribution in [0.4, 0.5) is 0 Å². The lowest BCUT2D eigenvalue weighted by atomic mass is 10.0. The SMILES string of the molecule is CCCCCCCCCCCCCCCCCCN(CCCCCCN(CCCCCCCCCCCCCCCCCC)CP(=O)(O)O)CP(=O)(O)O. The number of hydrogen-bond donors (Lipinski definition) is 4. The standard InChI is InChI=1S/C44H94N2O6P2/c1-3-5-7-9-11-13-15-17-19-21-23-25-27-29-31-35-39-45(43-53(47,48)49)41-37-33-34-38-42-46(44-54(50,51)52)40-36-32-30-28-26-24-22-20-18-16-14-12-10-8-6-4-2/h3-44H2,1-2H3,(H2,47,48,49)(H2,50,51,52). The Morgan fingerprint density at radius 2 is 0.426 bits per heavy atom. The molecule has 4 N–H and O–H groups in total. The minimum atomic E-state index is -4.09. The Bertz CT molecular complexity index is 787. The van der Waals surface area contributed by atoms with Crippen LogP contribution in [0.1, 0.15) is 245 Å². The molecule has 0 aliphatic carbocycles. The summed E-state index contributed by atoms with van der Waals surface area (Å²) < 4.78 is 23.6. The van der Waals surface area contributed by atoms with E-state index < -0.39 is 15.2 Å². The highest BCUT2D eigenvalue weighted by Crippen LogP contribution is 2.36. The lowest BCUT2D eigenvalue weighted by Crippen LogP contribution is -2.28. The van der Waals surface area contributed by atoms with E-state index in [0.717, 1.165) is 64.5 Å². The number of nitrogens with zero attached hydrogens (tertiary/aromatic N) is 2. The first kappa shape index (κ1) is 54.2. The zero-order valence-electron chi connectivity index (χ0n) is 36.1. The molecule has 10 heteroatoms. The quantitative estimate of drug-likeness (QED) is 0.0354. The van der Waals surface area contributed by atoms with Crippen molar-refractivity contribution in [3.05, 3.63) is 0 Å². The van der Waals surface area contributed by atoms with Crippen molar-refractivity contribution in [2.45, 2.75) is 245 Å². The molecule has 54 heavy (non-hydrogen) atoms. The van der Waals surface area contributed by atoms with Crippen LogP contribution in [0.15, 0.2) is 0 Å². The molecule has 0 bridgehead atoms. The molecular formula is C44H94N2O6P2. The van der Waals surface area contributed by atoms with Crippen molar-refractivity contribution in [2.24, 2.45) is 0 Å². The van der Waals surface area contributed by atoms with Crippen molar-refractivity contribution in [3.8, 4) is 0 Å². The summed E-state index contributed by atoms with van der Waals surface area (Å²) in [6, 6.07) is 0. The average Bonchev–Trinajstić information content (AvgIpc) is 3.11. The molecule has 0 aromatic rings. The monoisotopic (exact) mass is 809 g/mol. The van der Waals surface area contributed by atoms with Crippen LogP contribution in [0.5, 0.6) is 0 Å². The number of rotatable bonds is 45. The van der Waals surface area contributed by atoms with E-state index in [0.29, 0.717) is 13.1 Å². The Balaban J connectivity index is 3.97. The minimum Gasteiger partial charge on any atom is -0.324 e. The molecule has 0 aromatic heterocycles. The summed E-state index contributed by atoms with van der Waals surface area (Å²) in [6.07, 6.45) is 45.4. The fraction of sp³-hybridized carbons (Fsp3) is 1.00. The third kappa shape index (κ3) is 44.9. The highest BCUT2D eigenvalue weighted by Gasteiger charge is 2.20. The first-order valence-electron chi connectivity index (χ1n) is 23.6. The summed E-state index contributed by atoms with van der Waals surface area (Å²) in [7, 11) is -8.19. The fourth-order valence-electron chi connectivity index (χ4n) is 7.82. The van der Waals surface area contributed by atoms with E-state index in [1.807, 2.05) is 9.80 Å². The van der Waals surface area contributed by atoms with Gasteiger partial charge >= 0.3 is 15.2 Å². The fourth-order valence-corrected chi connectivity index (χ4v) is 9.43. The summed E-state index contributed by atoms with van der Waals surface area (Å²) in [5.41, 5.74) is 0. The average molecular weight is 809 g/mol. The van der Waals surface area contributed by atoms with Crippen molar-refractivity contribution in [1.29, 1.82) is 0 Å². The van der Waals surface area contributed by atoms with Crippen LogP contribution in [0, 0.1) is 0 Å². The van der Waals surface area contributed by atoms with Gasteiger partial charge in [-0.3, -0.25) is 18.9 Å². The van der Waals surface area contributed by atoms with Crippen LogP contribution in [0.3, 0.4) is 0 Å². The molecule has 0 heterocycles. The summed E-state index contributed by atoms with van der Waals surface area (Å²) in [5, 5.41) is 0. The molecule has 0 rings (SSSR count). The molecule has 0 unspecified atom stereocenters. The van der Waals surface area contributed by atoms with E-state index in [9.17, 15) is 28.7 Å². The topological polar surface area (TPSA) is 122 Å². The Kier molecular flexibility index (Phi) is 40.2. The second kappa shape index (κ2) is 40.0. The van der Waals surface area contributed by atoms with Gasteiger partial charge in [0.2, 0.25) is 0 Å². The van der Waals surface area contributed by atoms with Gasteiger partial charge in [-0.2, -0.15) is 0 Å². The zero-order chi connectivity index (χ0) is 39.9. The Labute approximate surface area is 336 Å². The molecule has 0 fully saturated rings. The first-order chi connectivity index (χ1) is 26.1. The molecule has 0 atom stereocenters. The molecule has 0 saturated heterocycles. The highest BCUT2D eigenvalue weighted by molar-refractivity contribution is 7.51. The predicted octanol–water partition coefficient (Wildman–Crippen LogP) is 13.9. The van der Waals surface area contributed by atoms with Crippen LogP contribution >= 0.6 is 15.2 Å². The van der Waals surface area contributed by atoms with Crippen LogP contribution in [-0.2, 0) is 9.13 Å². The van der Waals surface area contributed by atoms with E-state index in [-0.39, 0.29) is 12.6 Å². The molecule has 0 radical (unpaired) electrons. The van der Waals surface area contributed by atoms with E-state index in [4.69, 9.17) is 0 Å². The van der Waals surface area contributed by atoms with Gasteiger partial charge < -0.3 is 19.6 Å². The van der Waals surface area contributed by atoms with Crippen LogP contribution in [0.2, 0.25) is 0 Å². The van der Waals surface area contributed by atoms with Gasteiger partial charge in [-0.1, -0.05) is 219 Å². The minimum absolute atomic E-state index is 0.166. The maximum atomic E-state index is 11.8. The Morgan fingerprint density at radius 1 is 0.278 bits per heavy atom. The van der Waals surface area contributed by atoms with Crippen LogP contribution in [0.25, 0.3) is 0 Å². The van der Waals surface area contributed by atoms with Crippen LogP contribution < -0.4 is 0 Å². The molecule has 8 nitrogen and oxygen atoms in total. The van der Waals surface area contributed by atoms with Crippen molar-refractivity contribution in [3.63, 3.8) is 0 Å². The lowest BCUT2D eigenvalue weighted by Gasteiger charge is -2.23. The largest absolute Gasteiger partial charge is 0.339 e. The van der Waals surface area contributed by atoms with Crippen molar-refractivity contribution >= 4 is 15.2 Å². The maximum absolute atomic E-state index is 11.8. The third-order valence-corrected chi connectivity index (χ3v) is 12.7. The number of unbranched alkanes of at least 4 members (excludes halogenated alkanes) is 33. The third-order valence-electron chi connectivity index (χ3n) is 11.1. The van der Waals surface area contributed by atoms with Crippen molar-refractivity contribution in [1.82, 2.24) is 9.80 Å². The summed E-state index contributed by atoms with van der Waals surface area (Å²) in [5.74, 6) is 0. The Hall–Kier alpha value is 0.220. The normalized spacial score (nSPS) is 12.5. The van der Waals surface area contributed by atoms with Gasteiger partial charge in [0, 0.05) is 0 Å². The summed E-state index contributed by atoms with van der Waals surface area (Å²) in [6.45, 7) is 7.39. The lowest BCUT2D eigenvalue weighted by molar-refractivity contribution is 0.256. The zero-order valence-corrected chi connectivity index (χ0v) is 37.9. The molecule has 0 spiro atoms. The second-order valence-electron chi connectivity index (χ2n) is 16.9. The van der Waals surface area contributed by atoms with E-state index in [2.05, 4.69) is 13.8 Å². The second-order valence-corrected chi connectivity index (χ2v) is 20.1. The van der Waals surface area contributed by atoms with Gasteiger partial charge in [-0.25, -0.2) is 0 Å². The van der Waals surface area contributed by atoms with E-state index >= 15 is 0 Å². The van der Waals surface area contributed by atoms with Crippen LogP contribution in [-0.4, -0.2) is 68.1 Å². The van der Waals surface area contributed by atoms with Gasteiger partial charge in [-0.05, 0) is 51.9 Å². The van der Waals surface area contributed by atoms with E-state index in [1.54, 1.807) is 0 Å². The van der Waals surface area contributed by atoms with Gasteiger partial charge in [0.05, 0.1) is 0 Å². The van der Waals surface area contributed by atoms with Gasteiger partial charge in [0.1, 0.15) is 12.6 Å². The van der Waals surface area contributed by atoms with Gasteiger partial charge in [0.15, 0.2) is 0 Å². The molecule has 0 amide bonds. The summed E-state index contributed by atoms with van der Waals surface area (Å²) in [4.78, 5) is 42.4. The summed E-state index contributed by atoms with van der Waals surface area (Å²) >= 11 is 0. The van der Waals surface area contributed by atoms with Gasteiger partial charge in [-0.15, -0.1) is 0 Å². The Morgan fingerprint density at radius 3 is 0.574 bits per heavy atom. The molecule has 0 saturated carbocycles. The molecular weight excluding hydrogens is 714 g/mol. The van der Waals surface area contributed by atoms with Crippen molar-refractivity contribution < 1.29 is 28.7 Å². The first-order valence-corrected chi connectivity index (χ1v) is 27.2.